The number of aliphatic hydroxyl groups is 1. The number of hydrogen-bond donors (Lipinski definition) is 3. The first-order valence-corrected chi connectivity index (χ1v) is 5.91. The summed E-state index contributed by atoms with van der Waals surface area (Å²) in [6.07, 6.45) is -0.732. The van der Waals surface area contributed by atoms with Crippen LogP contribution in [0.15, 0.2) is 36.4 Å². The molecule has 0 radical (unpaired) electrons. The van der Waals surface area contributed by atoms with Gasteiger partial charge in [0.1, 0.15) is 0 Å². The SMILES string of the molecule is CC(O)c1ccccc1NC(=O)c1ccc([N+](=O)[O-])[nH]1. The lowest BCUT2D eigenvalue weighted by atomic mass is 10.1. The monoisotopic (exact) mass is 275 g/mol. The molecule has 104 valence electrons. The Kier molecular flexibility index (Phi) is 3.81. The molecule has 1 amide bonds. The third kappa shape index (κ3) is 2.83. The highest BCUT2D eigenvalue weighted by atomic mass is 16.6. The minimum absolute atomic E-state index is 0.0806. The van der Waals surface area contributed by atoms with Crippen molar-refractivity contribution in [2.75, 3.05) is 5.32 Å². The summed E-state index contributed by atoms with van der Waals surface area (Å²) in [6, 6.07) is 9.36. The Bertz CT molecular complexity index is 649. The molecule has 7 heteroatoms. The number of aromatic nitrogens is 1. The summed E-state index contributed by atoms with van der Waals surface area (Å²) in [6.45, 7) is 1.59. The zero-order chi connectivity index (χ0) is 14.7. The van der Waals surface area contributed by atoms with Crippen molar-refractivity contribution >= 4 is 17.4 Å². The highest BCUT2D eigenvalue weighted by Crippen LogP contribution is 2.23. The van der Waals surface area contributed by atoms with E-state index in [1.165, 1.54) is 12.1 Å². The molecule has 7 nitrogen and oxygen atoms in total. The van der Waals surface area contributed by atoms with Crippen LogP contribution in [0.25, 0.3) is 0 Å². The molecule has 3 N–H and O–H groups in total. The predicted octanol–water partition coefficient (Wildman–Crippen LogP) is 2.23. The number of aromatic amines is 1. The van der Waals surface area contributed by atoms with E-state index in [0.717, 1.165) is 0 Å². The first-order chi connectivity index (χ1) is 9.49. The lowest BCUT2D eigenvalue weighted by Gasteiger charge is -2.11. The van der Waals surface area contributed by atoms with Gasteiger partial charge >= 0.3 is 5.82 Å². The van der Waals surface area contributed by atoms with Gasteiger partial charge in [0, 0.05) is 17.3 Å². The Morgan fingerprint density at radius 2 is 2.05 bits per heavy atom. The summed E-state index contributed by atoms with van der Waals surface area (Å²) in [5, 5.41) is 22.8. The van der Waals surface area contributed by atoms with Gasteiger partial charge in [0.2, 0.25) is 0 Å². The third-order valence-electron chi connectivity index (χ3n) is 2.77. The van der Waals surface area contributed by atoms with Crippen molar-refractivity contribution in [3.05, 3.63) is 57.8 Å². The fourth-order valence-electron chi connectivity index (χ4n) is 1.79. The number of benzene rings is 1. The summed E-state index contributed by atoms with van der Waals surface area (Å²) in [5.41, 5.74) is 1.11. The van der Waals surface area contributed by atoms with E-state index >= 15 is 0 Å². The lowest BCUT2D eigenvalue weighted by molar-refractivity contribution is -0.389. The molecule has 2 rings (SSSR count). The van der Waals surface area contributed by atoms with E-state index < -0.39 is 16.9 Å². The molecule has 0 bridgehead atoms. The quantitative estimate of drug-likeness (QED) is 0.587. The fraction of sp³-hybridized carbons (Fsp3) is 0.154. The van der Waals surface area contributed by atoms with Gasteiger partial charge in [-0.05, 0) is 24.0 Å². The molecule has 0 saturated heterocycles. The second-order valence-corrected chi connectivity index (χ2v) is 4.23. The van der Waals surface area contributed by atoms with Crippen LogP contribution in [-0.2, 0) is 0 Å². The second kappa shape index (κ2) is 5.54. The maximum Gasteiger partial charge on any atom is 0.321 e. The molecule has 1 unspecified atom stereocenters. The van der Waals surface area contributed by atoms with Crippen LogP contribution in [0.3, 0.4) is 0 Å². The van der Waals surface area contributed by atoms with Crippen LogP contribution in [0.4, 0.5) is 11.5 Å². The first-order valence-electron chi connectivity index (χ1n) is 5.91. The van der Waals surface area contributed by atoms with Gasteiger partial charge in [0.15, 0.2) is 5.69 Å². The van der Waals surface area contributed by atoms with Crippen molar-refractivity contribution < 1.29 is 14.8 Å². The fourth-order valence-corrected chi connectivity index (χ4v) is 1.79. The van der Waals surface area contributed by atoms with Gasteiger partial charge in [0.05, 0.1) is 6.10 Å². The number of carbonyl (C=O) groups excluding carboxylic acids is 1. The van der Waals surface area contributed by atoms with Crippen LogP contribution in [0.1, 0.15) is 29.1 Å². The van der Waals surface area contributed by atoms with Gasteiger partial charge in [-0.2, -0.15) is 0 Å². The average Bonchev–Trinajstić information content (AvgIpc) is 2.89. The molecule has 0 aliphatic rings. The number of nitrogens with one attached hydrogen (secondary N) is 2. The number of H-pyrrole nitrogens is 1. The van der Waals surface area contributed by atoms with Gasteiger partial charge in [-0.1, -0.05) is 18.2 Å². The maximum absolute atomic E-state index is 12.0. The first kappa shape index (κ1) is 13.8. The van der Waals surface area contributed by atoms with Gasteiger partial charge in [0.25, 0.3) is 5.91 Å². The highest BCUT2D eigenvalue weighted by Gasteiger charge is 2.17. The maximum atomic E-state index is 12.0. The molecule has 1 atom stereocenters. The number of para-hydroxylation sites is 1. The molecule has 1 aromatic carbocycles. The van der Waals surface area contributed by atoms with Gasteiger partial charge in [-0.3, -0.25) is 4.79 Å². The largest absolute Gasteiger partial charge is 0.389 e. The smallest absolute Gasteiger partial charge is 0.321 e. The molecule has 0 fully saturated rings. The van der Waals surface area contributed by atoms with Crippen LogP contribution in [0.5, 0.6) is 0 Å². The van der Waals surface area contributed by atoms with E-state index in [9.17, 15) is 20.0 Å². The van der Waals surface area contributed by atoms with Gasteiger partial charge in [-0.25, -0.2) is 4.98 Å². The number of nitro groups is 1. The van der Waals surface area contributed by atoms with Crippen molar-refractivity contribution in [2.24, 2.45) is 0 Å². The summed E-state index contributed by atoms with van der Waals surface area (Å²) >= 11 is 0. The Labute approximate surface area is 114 Å². The van der Waals surface area contributed by atoms with Gasteiger partial charge in [-0.15, -0.1) is 0 Å². The lowest BCUT2D eigenvalue weighted by Crippen LogP contribution is -2.14. The Morgan fingerprint density at radius 3 is 2.65 bits per heavy atom. The molecule has 1 heterocycles. The van der Waals surface area contributed by atoms with Crippen molar-refractivity contribution in [2.45, 2.75) is 13.0 Å². The molecule has 20 heavy (non-hydrogen) atoms. The van der Waals surface area contributed by atoms with Crippen LogP contribution in [0, 0.1) is 10.1 Å². The standard InChI is InChI=1S/C13H13N3O4/c1-8(17)9-4-2-3-5-10(9)15-13(18)11-6-7-12(14-11)16(19)20/h2-8,14,17H,1H3,(H,15,18). The zero-order valence-corrected chi connectivity index (χ0v) is 10.7. The number of anilines is 1. The number of aliphatic hydroxyl groups excluding tert-OH is 1. The number of nitrogens with zero attached hydrogens (tertiary/aromatic N) is 1. The van der Waals surface area contributed by atoms with Crippen LogP contribution in [-0.4, -0.2) is 20.9 Å². The van der Waals surface area contributed by atoms with E-state index in [2.05, 4.69) is 10.3 Å². The Hall–Kier alpha value is -2.67. The van der Waals surface area contributed by atoms with Crippen molar-refractivity contribution in [1.82, 2.24) is 4.98 Å². The predicted molar refractivity (Wildman–Crippen MR) is 72.5 cm³/mol. The summed E-state index contributed by atoms with van der Waals surface area (Å²) in [7, 11) is 0. The molecule has 0 aliphatic carbocycles. The van der Waals surface area contributed by atoms with Crippen LogP contribution < -0.4 is 5.32 Å². The zero-order valence-electron chi connectivity index (χ0n) is 10.7. The van der Waals surface area contributed by atoms with Crippen LogP contribution in [0.2, 0.25) is 0 Å². The van der Waals surface area contributed by atoms with E-state index in [1.807, 2.05) is 0 Å². The van der Waals surface area contributed by atoms with E-state index in [1.54, 1.807) is 31.2 Å². The molecular weight excluding hydrogens is 262 g/mol. The highest BCUT2D eigenvalue weighted by molar-refractivity contribution is 6.03. The second-order valence-electron chi connectivity index (χ2n) is 4.23. The Balaban J connectivity index is 2.21. The molecule has 0 saturated carbocycles. The minimum Gasteiger partial charge on any atom is -0.389 e. The topological polar surface area (TPSA) is 108 Å². The van der Waals surface area contributed by atoms with Crippen molar-refractivity contribution in [3.8, 4) is 0 Å². The summed E-state index contributed by atoms with van der Waals surface area (Å²) in [5.74, 6) is -0.759. The van der Waals surface area contributed by atoms with E-state index in [0.29, 0.717) is 11.3 Å². The number of rotatable bonds is 4. The van der Waals surface area contributed by atoms with E-state index in [-0.39, 0.29) is 11.5 Å². The molecular formula is C13H13N3O4. The van der Waals surface area contributed by atoms with Gasteiger partial charge < -0.3 is 20.5 Å². The number of carbonyl (C=O) groups is 1. The number of amides is 1. The molecule has 0 spiro atoms. The third-order valence-corrected chi connectivity index (χ3v) is 2.77. The van der Waals surface area contributed by atoms with Crippen molar-refractivity contribution in [1.29, 1.82) is 0 Å². The molecule has 2 aromatic rings. The minimum atomic E-state index is -0.732. The molecule has 0 aliphatic heterocycles. The van der Waals surface area contributed by atoms with Crippen LogP contribution >= 0.6 is 0 Å². The normalized spacial score (nSPS) is 11.9. The summed E-state index contributed by atoms with van der Waals surface area (Å²) in [4.78, 5) is 24.3. The summed E-state index contributed by atoms with van der Waals surface area (Å²) < 4.78 is 0. The molecule has 1 aromatic heterocycles. The van der Waals surface area contributed by atoms with Crippen molar-refractivity contribution in [3.63, 3.8) is 0 Å². The average molecular weight is 275 g/mol. The number of hydrogen-bond acceptors (Lipinski definition) is 4. The Morgan fingerprint density at radius 1 is 1.35 bits per heavy atom. The van der Waals surface area contributed by atoms with E-state index in [4.69, 9.17) is 0 Å².